The largest absolute Gasteiger partial charge is 0.303 e. The van der Waals surface area contributed by atoms with E-state index in [1.807, 2.05) is 30.0 Å². The number of carbonyl (C=O) groups excluding carboxylic acids is 1. The Labute approximate surface area is 182 Å². The minimum Gasteiger partial charge on any atom is -0.303 e. The van der Waals surface area contributed by atoms with Crippen molar-refractivity contribution in [1.29, 1.82) is 10.5 Å². The van der Waals surface area contributed by atoms with Crippen molar-refractivity contribution in [2.24, 2.45) is 0 Å². The number of anilines is 2. The zero-order chi connectivity index (χ0) is 21.3. The van der Waals surface area contributed by atoms with Crippen molar-refractivity contribution in [3.63, 3.8) is 0 Å². The molecule has 0 N–H and O–H groups in total. The quantitative estimate of drug-likeness (QED) is 0.520. The van der Waals surface area contributed by atoms with Crippen molar-refractivity contribution in [1.82, 2.24) is 0 Å². The lowest BCUT2D eigenvalue weighted by Crippen LogP contribution is -2.55. The molecule has 2 aliphatic rings. The average Bonchev–Trinajstić information content (AvgIpc) is 2.95. The van der Waals surface area contributed by atoms with Gasteiger partial charge in [0, 0.05) is 12.1 Å². The fraction of sp³-hybridized carbons (Fsp3) is 0.333. The lowest BCUT2D eigenvalue weighted by molar-refractivity contribution is -0.123. The van der Waals surface area contributed by atoms with Crippen molar-refractivity contribution < 1.29 is 4.79 Å². The SMILES string of the molecule is Cc1cc(N2C(=O)C3(CCC3)N(c3ccc(CCCC#N)cc3)C2=S)ccc1C#N. The Balaban J connectivity index is 1.66. The second kappa shape index (κ2) is 7.89. The van der Waals surface area contributed by atoms with Crippen LogP contribution in [0.15, 0.2) is 42.5 Å². The number of aryl methyl sites for hydroxylation is 2. The van der Waals surface area contributed by atoms with Crippen LogP contribution in [0.5, 0.6) is 0 Å². The molecule has 1 aliphatic carbocycles. The third-order valence-corrected chi connectivity index (χ3v) is 6.49. The Morgan fingerprint density at radius 1 is 1.10 bits per heavy atom. The van der Waals surface area contributed by atoms with Crippen LogP contribution in [-0.2, 0) is 11.2 Å². The molecule has 150 valence electrons. The van der Waals surface area contributed by atoms with Gasteiger partial charge in [0.05, 0.1) is 23.4 Å². The summed E-state index contributed by atoms with van der Waals surface area (Å²) in [5.41, 5.74) is 3.62. The molecule has 0 aromatic heterocycles. The van der Waals surface area contributed by atoms with Crippen LogP contribution < -0.4 is 9.80 Å². The van der Waals surface area contributed by atoms with Crippen molar-refractivity contribution in [3.05, 3.63) is 59.2 Å². The van der Waals surface area contributed by atoms with Gasteiger partial charge in [-0.25, -0.2) is 0 Å². The topological polar surface area (TPSA) is 71.1 Å². The van der Waals surface area contributed by atoms with E-state index < -0.39 is 5.54 Å². The molecule has 2 fully saturated rings. The molecule has 4 rings (SSSR count). The molecule has 30 heavy (non-hydrogen) atoms. The van der Waals surface area contributed by atoms with Crippen molar-refractivity contribution in [2.75, 3.05) is 9.80 Å². The zero-order valence-corrected chi connectivity index (χ0v) is 17.7. The van der Waals surface area contributed by atoms with E-state index in [9.17, 15) is 10.1 Å². The van der Waals surface area contributed by atoms with Gasteiger partial charge >= 0.3 is 0 Å². The summed E-state index contributed by atoms with van der Waals surface area (Å²) in [5.74, 6) is 0.0148. The number of benzene rings is 2. The van der Waals surface area contributed by atoms with Crippen LogP contribution in [-0.4, -0.2) is 16.6 Å². The predicted molar refractivity (Wildman–Crippen MR) is 120 cm³/mol. The molecule has 0 bridgehead atoms. The lowest BCUT2D eigenvalue weighted by Gasteiger charge is -2.43. The maximum absolute atomic E-state index is 13.5. The molecule has 2 aromatic carbocycles. The molecule has 0 atom stereocenters. The van der Waals surface area contributed by atoms with Crippen LogP contribution in [0.4, 0.5) is 11.4 Å². The van der Waals surface area contributed by atoms with Gasteiger partial charge < -0.3 is 4.90 Å². The van der Waals surface area contributed by atoms with Gasteiger partial charge in [-0.05, 0) is 92.7 Å². The summed E-state index contributed by atoms with van der Waals surface area (Å²) in [7, 11) is 0. The Morgan fingerprint density at radius 2 is 1.80 bits per heavy atom. The van der Waals surface area contributed by atoms with Gasteiger partial charge in [0.2, 0.25) is 0 Å². The molecule has 6 heteroatoms. The van der Waals surface area contributed by atoms with Gasteiger partial charge in [0.25, 0.3) is 5.91 Å². The first-order valence-electron chi connectivity index (χ1n) is 10.2. The van der Waals surface area contributed by atoms with Crippen LogP contribution in [0.3, 0.4) is 0 Å². The molecule has 2 aromatic rings. The lowest BCUT2D eigenvalue weighted by atomic mass is 9.75. The van der Waals surface area contributed by atoms with Crippen molar-refractivity contribution in [2.45, 2.75) is 51.0 Å². The van der Waals surface area contributed by atoms with E-state index >= 15 is 0 Å². The zero-order valence-electron chi connectivity index (χ0n) is 16.9. The van der Waals surface area contributed by atoms with Crippen molar-refractivity contribution >= 4 is 34.6 Å². The molecule has 1 saturated carbocycles. The third kappa shape index (κ3) is 3.14. The van der Waals surface area contributed by atoms with Crippen LogP contribution >= 0.6 is 12.2 Å². The molecular formula is C24H22N4OS. The van der Waals surface area contributed by atoms with Crippen LogP contribution in [0.1, 0.15) is 48.8 Å². The average molecular weight is 415 g/mol. The second-order valence-corrected chi connectivity index (χ2v) is 8.30. The smallest absolute Gasteiger partial charge is 0.259 e. The fourth-order valence-electron chi connectivity index (χ4n) is 4.30. The van der Waals surface area contributed by atoms with Crippen LogP contribution in [0.2, 0.25) is 0 Å². The molecule has 0 radical (unpaired) electrons. The maximum atomic E-state index is 13.5. The van der Waals surface area contributed by atoms with E-state index in [2.05, 4.69) is 24.3 Å². The minimum absolute atomic E-state index is 0.0148. The molecule has 1 heterocycles. The molecule has 1 aliphatic heterocycles. The van der Waals surface area contributed by atoms with Crippen molar-refractivity contribution in [3.8, 4) is 12.1 Å². The highest BCUT2D eigenvalue weighted by molar-refractivity contribution is 7.81. The molecule has 0 unspecified atom stereocenters. The highest BCUT2D eigenvalue weighted by Gasteiger charge is 2.59. The number of nitriles is 2. The number of hydrogen-bond acceptors (Lipinski definition) is 4. The molecule has 1 amide bonds. The summed E-state index contributed by atoms with van der Waals surface area (Å²) in [5, 5.41) is 18.4. The number of unbranched alkanes of at least 4 members (excludes halogenated alkanes) is 1. The number of rotatable bonds is 5. The summed E-state index contributed by atoms with van der Waals surface area (Å²) in [4.78, 5) is 17.2. The Morgan fingerprint density at radius 3 is 2.37 bits per heavy atom. The number of nitrogens with zero attached hydrogens (tertiary/aromatic N) is 4. The maximum Gasteiger partial charge on any atom is 0.259 e. The Kier molecular flexibility index (Phi) is 5.28. The third-order valence-electron chi connectivity index (χ3n) is 6.13. The normalized spacial score (nSPS) is 17.0. The number of thiocarbonyl (C=S) groups is 1. The van der Waals surface area contributed by atoms with Gasteiger partial charge in [-0.1, -0.05) is 12.1 Å². The van der Waals surface area contributed by atoms with E-state index in [4.69, 9.17) is 17.5 Å². The van der Waals surface area contributed by atoms with Gasteiger partial charge in [-0.3, -0.25) is 9.69 Å². The van der Waals surface area contributed by atoms with Gasteiger partial charge in [-0.15, -0.1) is 0 Å². The first-order chi connectivity index (χ1) is 14.5. The summed E-state index contributed by atoms with van der Waals surface area (Å²) in [6.45, 7) is 1.87. The van der Waals surface area contributed by atoms with Gasteiger partial charge in [0.1, 0.15) is 5.54 Å². The highest BCUT2D eigenvalue weighted by atomic mass is 32.1. The summed E-state index contributed by atoms with van der Waals surface area (Å²) < 4.78 is 0. The first kappa shape index (κ1) is 20.1. The second-order valence-electron chi connectivity index (χ2n) is 7.93. The van der Waals surface area contributed by atoms with E-state index in [0.29, 0.717) is 22.8 Å². The van der Waals surface area contributed by atoms with E-state index in [1.54, 1.807) is 17.0 Å². The summed E-state index contributed by atoms with van der Waals surface area (Å²) in [6.07, 6.45) is 4.81. The summed E-state index contributed by atoms with van der Waals surface area (Å²) in [6, 6.07) is 17.9. The van der Waals surface area contributed by atoms with Crippen LogP contribution in [0.25, 0.3) is 0 Å². The molecule has 1 spiro atoms. The minimum atomic E-state index is -0.610. The van der Waals surface area contributed by atoms with Gasteiger partial charge in [-0.2, -0.15) is 10.5 Å². The number of hydrogen-bond donors (Lipinski definition) is 0. The predicted octanol–water partition coefficient (Wildman–Crippen LogP) is 4.77. The van der Waals surface area contributed by atoms with E-state index in [1.165, 1.54) is 5.56 Å². The van der Waals surface area contributed by atoms with E-state index in [-0.39, 0.29) is 5.91 Å². The first-order valence-corrected chi connectivity index (χ1v) is 10.6. The number of amides is 1. The standard InChI is InChI=1S/C24H22N4OS/c1-17-15-21(11-8-19(17)16-26)27-22(29)24(12-4-13-24)28(23(27)30)20-9-6-18(7-10-20)5-2-3-14-25/h6-11,15H,2-5,12-13H2,1H3. The Bertz CT molecular complexity index is 1090. The summed E-state index contributed by atoms with van der Waals surface area (Å²) >= 11 is 5.81. The van der Waals surface area contributed by atoms with E-state index in [0.717, 1.165) is 43.4 Å². The molecule has 1 saturated heterocycles. The van der Waals surface area contributed by atoms with Crippen LogP contribution in [0, 0.1) is 29.6 Å². The monoisotopic (exact) mass is 414 g/mol. The molecule has 5 nitrogen and oxygen atoms in total. The van der Waals surface area contributed by atoms with Gasteiger partial charge in [0.15, 0.2) is 5.11 Å². The highest BCUT2D eigenvalue weighted by Crippen LogP contribution is 2.47. The fourth-order valence-corrected chi connectivity index (χ4v) is 4.77. The number of carbonyl (C=O) groups is 1. The Hall–Kier alpha value is -3.22. The molecular weight excluding hydrogens is 392 g/mol.